The van der Waals surface area contributed by atoms with E-state index >= 15 is 0 Å². The molecule has 0 spiro atoms. The predicted molar refractivity (Wildman–Crippen MR) is 68.6 cm³/mol. The first kappa shape index (κ1) is 11.0. The van der Waals surface area contributed by atoms with Gasteiger partial charge in [0.1, 0.15) is 6.07 Å². The molecule has 1 amide bonds. The number of nitrogens with one attached hydrogen (secondary N) is 1. The van der Waals surface area contributed by atoms with Gasteiger partial charge in [-0.15, -0.1) is 0 Å². The zero-order valence-electron chi connectivity index (χ0n) is 9.97. The Morgan fingerprint density at radius 1 is 1.28 bits per heavy atom. The van der Waals surface area contributed by atoms with Crippen molar-refractivity contribution in [2.75, 3.05) is 5.32 Å². The van der Waals surface area contributed by atoms with Gasteiger partial charge in [0.05, 0.1) is 11.3 Å². The smallest absolute Gasteiger partial charge is 0.228 e. The third kappa shape index (κ3) is 1.80. The predicted octanol–water partition coefficient (Wildman–Crippen LogP) is 2.71. The van der Waals surface area contributed by atoms with Crippen molar-refractivity contribution in [3.8, 4) is 6.07 Å². The molecule has 3 unspecified atom stereocenters. The van der Waals surface area contributed by atoms with Gasteiger partial charge in [0, 0.05) is 5.92 Å². The number of benzene rings is 1. The zero-order valence-corrected chi connectivity index (χ0v) is 9.97. The Morgan fingerprint density at radius 2 is 2.11 bits per heavy atom. The van der Waals surface area contributed by atoms with E-state index < -0.39 is 0 Å². The van der Waals surface area contributed by atoms with Gasteiger partial charge >= 0.3 is 0 Å². The molecule has 3 heteroatoms. The Morgan fingerprint density at radius 3 is 2.78 bits per heavy atom. The van der Waals surface area contributed by atoms with Crippen molar-refractivity contribution in [2.24, 2.45) is 17.8 Å². The highest BCUT2D eigenvalue weighted by atomic mass is 16.1. The SMILES string of the molecule is N#Cc1ccccc1NC(=O)C1CC2C=CC1C2. The van der Waals surface area contributed by atoms with Crippen LogP contribution in [-0.2, 0) is 4.79 Å². The molecule has 3 rings (SSSR count). The Balaban J connectivity index is 1.75. The van der Waals surface area contributed by atoms with Crippen LogP contribution in [0.2, 0.25) is 0 Å². The largest absolute Gasteiger partial charge is 0.325 e. The number of amides is 1. The molecular formula is C15H14N2O. The number of rotatable bonds is 2. The summed E-state index contributed by atoms with van der Waals surface area (Å²) in [6, 6.07) is 9.22. The van der Waals surface area contributed by atoms with Gasteiger partial charge in [0.2, 0.25) is 5.91 Å². The molecule has 3 atom stereocenters. The van der Waals surface area contributed by atoms with E-state index in [0.717, 1.165) is 12.8 Å². The molecule has 0 radical (unpaired) electrons. The van der Waals surface area contributed by atoms with E-state index in [2.05, 4.69) is 23.5 Å². The van der Waals surface area contributed by atoms with Crippen molar-refractivity contribution >= 4 is 11.6 Å². The minimum Gasteiger partial charge on any atom is -0.325 e. The lowest BCUT2D eigenvalue weighted by Gasteiger charge is -2.17. The average molecular weight is 238 g/mol. The van der Waals surface area contributed by atoms with Crippen molar-refractivity contribution < 1.29 is 4.79 Å². The number of nitrogens with zero attached hydrogens (tertiary/aromatic N) is 1. The summed E-state index contributed by atoms with van der Waals surface area (Å²) in [5.41, 5.74) is 1.14. The lowest BCUT2D eigenvalue weighted by atomic mass is 9.92. The quantitative estimate of drug-likeness (QED) is 0.805. The Hall–Kier alpha value is -2.08. The van der Waals surface area contributed by atoms with Crippen LogP contribution in [0, 0.1) is 29.1 Å². The Labute approximate surface area is 106 Å². The van der Waals surface area contributed by atoms with E-state index in [0.29, 0.717) is 23.1 Å². The first-order chi connectivity index (χ1) is 8.78. The fourth-order valence-electron chi connectivity index (χ4n) is 3.00. The summed E-state index contributed by atoms with van der Waals surface area (Å²) in [5, 5.41) is 11.9. The fraction of sp³-hybridized carbons (Fsp3) is 0.333. The molecule has 1 aromatic carbocycles. The molecule has 0 heterocycles. The molecule has 18 heavy (non-hydrogen) atoms. The summed E-state index contributed by atoms with van der Waals surface area (Å²) in [5.74, 6) is 1.10. The second kappa shape index (κ2) is 4.30. The maximum Gasteiger partial charge on any atom is 0.228 e. The van der Waals surface area contributed by atoms with Gasteiger partial charge in [-0.2, -0.15) is 5.26 Å². The van der Waals surface area contributed by atoms with E-state index in [1.165, 1.54) is 0 Å². The zero-order chi connectivity index (χ0) is 12.5. The second-order valence-corrected chi connectivity index (χ2v) is 5.03. The van der Waals surface area contributed by atoms with Crippen molar-refractivity contribution in [2.45, 2.75) is 12.8 Å². The number of anilines is 1. The monoisotopic (exact) mass is 238 g/mol. The number of hydrogen-bond acceptors (Lipinski definition) is 2. The van der Waals surface area contributed by atoms with E-state index in [1.807, 2.05) is 6.07 Å². The molecule has 1 N–H and O–H groups in total. The standard InChI is InChI=1S/C15H14N2O/c16-9-12-3-1-2-4-14(12)17-15(18)13-8-10-5-6-11(13)7-10/h1-6,10-11,13H,7-8H2,(H,17,18). The van der Waals surface area contributed by atoms with Crippen molar-refractivity contribution in [1.82, 2.24) is 0 Å². The highest BCUT2D eigenvalue weighted by molar-refractivity contribution is 5.94. The van der Waals surface area contributed by atoms with Crippen LogP contribution in [0.1, 0.15) is 18.4 Å². The summed E-state index contributed by atoms with van der Waals surface area (Å²) in [6.07, 6.45) is 6.44. The van der Waals surface area contributed by atoms with Gasteiger partial charge in [-0.3, -0.25) is 4.79 Å². The number of carbonyl (C=O) groups excluding carboxylic acids is 1. The van der Waals surface area contributed by atoms with Crippen molar-refractivity contribution in [3.63, 3.8) is 0 Å². The summed E-state index contributed by atoms with van der Waals surface area (Å²) >= 11 is 0. The normalized spacial score (nSPS) is 28.1. The van der Waals surface area contributed by atoms with Gasteiger partial charge in [-0.1, -0.05) is 24.3 Å². The van der Waals surface area contributed by atoms with E-state index in [-0.39, 0.29) is 11.8 Å². The lowest BCUT2D eigenvalue weighted by Crippen LogP contribution is -2.26. The molecule has 3 nitrogen and oxygen atoms in total. The molecule has 2 aliphatic rings. The van der Waals surface area contributed by atoms with Crippen LogP contribution in [0.5, 0.6) is 0 Å². The van der Waals surface area contributed by atoms with Gasteiger partial charge < -0.3 is 5.32 Å². The molecule has 0 aliphatic heterocycles. The van der Waals surface area contributed by atoms with E-state index in [9.17, 15) is 4.79 Å². The number of nitriles is 1. The molecule has 1 saturated carbocycles. The Bertz CT molecular complexity index is 556. The van der Waals surface area contributed by atoms with Crippen LogP contribution >= 0.6 is 0 Å². The number of fused-ring (bicyclic) bond motifs is 2. The van der Waals surface area contributed by atoms with E-state index in [1.54, 1.807) is 18.2 Å². The Kier molecular flexibility index (Phi) is 2.64. The lowest BCUT2D eigenvalue weighted by molar-refractivity contribution is -0.120. The minimum absolute atomic E-state index is 0.0505. The van der Waals surface area contributed by atoms with Crippen LogP contribution in [0.3, 0.4) is 0 Å². The number of para-hydroxylation sites is 1. The van der Waals surface area contributed by atoms with Gasteiger partial charge in [0.25, 0.3) is 0 Å². The third-order valence-electron chi connectivity index (χ3n) is 3.92. The van der Waals surface area contributed by atoms with Crippen molar-refractivity contribution in [1.29, 1.82) is 5.26 Å². The minimum atomic E-state index is 0.0505. The average Bonchev–Trinajstić information content (AvgIpc) is 3.01. The molecule has 0 saturated heterocycles. The molecule has 0 aromatic heterocycles. The molecule has 1 fully saturated rings. The second-order valence-electron chi connectivity index (χ2n) is 5.03. The molecule has 90 valence electrons. The summed E-state index contributed by atoms with van der Waals surface area (Å²) in [4.78, 5) is 12.2. The van der Waals surface area contributed by atoms with Gasteiger partial charge in [0.15, 0.2) is 0 Å². The fourth-order valence-corrected chi connectivity index (χ4v) is 3.00. The van der Waals surface area contributed by atoms with E-state index in [4.69, 9.17) is 5.26 Å². The maximum absolute atomic E-state index is 12.2. The molecule has 1 aromatic rings. The third-order valence-corrected chi connectivity index (χ3v) is 3.92. The highest BCUT2D eigenvalue weighted by Crippen LogP contribution is 2.43. The number of hydrogen-bond donors (Lipinski definition) is 1. The first-order valence-corrected chi connectivity index (χ1v) is 6.26. The van der Waals surface area contributed by atoms with Crippen LogP contribution < -0.4 is 5.32 Å². The summed E-state index contributed by atoms with van der Waals surface area (Å²) in [6.45, 7) is 0. The maximum atomic E-state index is 12.2. The summed E-state index contributed by atoms with van der Waals surface area (Å²) < 4.78 is 0. The number of carbonyl (C=O) groups is 1. The van der Waals surface area contributed by atoms with Gasteiger partial charge in [-0.05, 0) is 36.8 Å². The van der Waals surface area contributed by atoms with Crippen molar-refractivity contribution in [3.05, 3.63) is 42.0 Å². The number of allylic oxidation sites excluding steroid dienone is 2. The molecular weight excluding hydrogens is 224 g/mol. The topological polar surface area (TPSA) is 52.9 Å². The van der Waals surface area contributed by atoms with Gasteiger partial charge in [-0.25, -0.2) is 0 Å². The molecule has 2 aliphatic carbocycles. The van der Waals surface area contributed by atoms with Crippen LogP contribution in [0.25, 0.3) is 0 Å². The first-order valence-electron chi connectivity index (χ1n) is 6.26. The van der Waals surface area contributed by atoms with Crippen LogP contribution in [0.4, 0.5) is 5.69 Å². The van der Waals surface area contributed by atoms with Crippen LogP contribution in [0.15, 0.2) is 36.4 Å². The van der Waals surface area contributed by atoms with Crippen LogP contribution in [-0.4, -0.2) is 5.91 Å². The molecule has 2 bridgehead atoms. The highest BCUT2D eigenvalue weighted by Gasteiger charge is 2.39. The summed E-state index contributed by atoms with van der Waals surface area (Å²) in [7, 11) is 0.